The van der Waals surface area contributed by atoms with Gasteiger partial charge in [-0.25, -0.2) is 4.79 Å². The number of carbonyl (C=O) groups is 1. The summed E-state index contributed by atoms with van der Waals surface area (Å²) in [7, 11) is -1.36. The highest BCUT2D eigenvalue weighted by Crippen LogP contribution is 2.49. The van der Waals surface area contributed by atoms with Crippen LogP contribution in [-0.2, 0) is 10.8 Å². The largest absolute Gasteiger partial charge is 0.478 e. The van der Waals surface area contributed by atoms with E-state index in [2.05, 4.69) is 6.07 Å². The van der Waals surface area contributed by atoms with Crippen LogP contribution in [0.15, 0.2) is 29.2 Å². The van der Waals surface area contributed by atoms with Crippen LogP contribution >= 0.6 is 0 Å². The van der Waals surface area contributed by atoms with E-state index >= 15 is 0 Å². The Kier molecular flexibility index (Phi) is 3.48. The van der Waals surface area contributed by atoms with Gasteiger partial charge in [-0.05, 0) is 30.4 Å². The first-order chi connectivity index (χ1) is 8.58. The molecule has 1 fully saturated rings. The highest BCUT2D eigenvalue weighted by Gasteiger charge is 2.44. The Hall–Kier alpha value is -1.67. The first-order valence-electron chi connectivity index (χ1n) is 5.66. The lowest BCUT2D eigenvalue weighted by Crippen LogP contribution is -2.14. The second kappa shape index (κ2) is 4.91. The van der Waals surface area contributed by atoms with Gasteiger partial charge in [0.25, 0.3) is 0 Å². The summed E-state index contributed by atoms with van der Waals surface area (Å²) in [5.74, 6) is -0.686. The van der Waals surface area contributed by atoms with Gasteiger partial charge in [0.15, 0.2) is 0 Å². The number of hydrogen-bond donors (Lipinski definition) is 1. The quantitative estimate of drug-likeness (QED) is 0.883. The number of nitrogens with zero attached hydrogens (tertiary/aromatic N) is 1. The lowest BCUT2D eigenvalue weighted by atomic mass is 10.1. The molecule has 1 N–H and O–H groups in total. The van der Waals surface area contributed by atoms with Crippen molar-refractivity contribution in [2.24, 2.45) is 5.41 Å². The smallest absolute Gasteiger partial charge is 0.336 e. The van der Waals surface area contributed by atoms with Crippen LogP contribution in [0.2, 0.25) is 0 Å². The summed E-state index contributed by atoms with van der Waals surface area (Å²) < 4.78 is 12.2. The maximum atomic E-state index is 12.2. The molecule has 94 valence electrons. The van der Waals surface area contributed by atoms with Crippen LogP contribution in [0.1, 0.15) is 29.6 Å². The molecule has 4 nitrogen and oxygen atoms in total. The van der Waals surface area contributed by atoms with Gasteiger partial charge in [0, 0.05) is 12.2 Å². The summed E-state index contributed by atoms with van der Waals surface area (Å²) in [4.78, 5) is 11.4. The van der Waals surface area contributed by atoms with E-state index in [1.165, 1.54) is 6.07 Å². The van der Waals surface area contributed by atoms with Crippen LogP contribution < -0.4 is 0 Å². The Morgan fingerprint density at radius 2 is 2.11 bits per heavy atom. The topological polar surface area (TPSA) is 78.2 Å². The Bertz CT molecular complexity index is 543. The third kappa shape index (κ3) is 2.59. The summed E-state index contributed by atoms with van der Waals surface area (Å²) in [6.07, 6.45) is 2.21. The van der Waals surface area contributed by atoms with E-state index < -0.39 is 16.8 Å². The SMILES string of the molecule is N#CCC1(CS(=O)c2ccccc2C(=O)O)CC1. The van der Waals surface area contributed by atoms with E-state index in [9.17, 15) is 9.00 Å². The highest BCUT2D eigenvalue weighted by molar-refractivity contribution is 7.85. The van der Waals surface area contributed by atoms with Crippen LogP contribution in [0, 0.1) is 16.7 Å². The fourth-order valence-corrected chi connectivity index (χ4v) is 3.65. The predicted octanol–water partition coefficient (Wildman–Crippen LogP) is 2.19. The fraction of sp³-hybridized carbons (Fsp3) is 0.385. The molecule has 1 unspecified atom stereocenters. The summed E-state index contributed by atoms with van der Waals surface area (Å²) in [5.41, 5.74) is -0.0609. The number of rotatable bonds is 5. The van der Waals surface area contributed by atoms with E-state index in [0.717, 1.165) is 12.8 Å². The zero-order chi connectivity index (χ0) is 13.2. The molecule has 1 atom stereocenters. The molecule has 1 saturated carbocycles. The van der Waals surface area contributed by atoms with Gasteiger partial charge in [-0.3, -0.25) is 4.21 Å². The van der Waals surface area contributed by atoms with Crippen molar-refractivity contribution >= 4 is 16.8 Å². The van der Waals surface area contributed by atoms with E-state index in [1.54, 1.807) is 18.2 Å². The number of nitriles is 1. The van der Waals surface area contributed by atoms with Crippen LogP contribution in [0.4, 0.5) is 0 Å². The molecule has 2 rings (SSSR count). The molecule has 1 aromatic rings. The molecular weight excluding hydrogens is 250 g/mol. The molecule has 1 aliphatic rings. The normalized spacial score (nSPS) is 17.7. The van der Waals surface area contributed by atoms with E-state index in [4.69, 9.17) is 10.4 Å². The summed E-state index contributed by atoms with van der Waals surface area (Å²) in [5, 5.41) is 17.8. The van der Waals surface area contributed by atoms with Crippen molar-refractivity contribution < 1.29 is 14.1 Å². The van der Waals surface area contributed by atoms with Gasteiger partial charge >= 0.3 is 5.97 Å². The molecular formula is C13H13NO3S. The van der Waals surface area contributed by atoms with Gasteiger partial charge in [-0.2, -0.15) is 5.26 Å². The lowest BCUT2D eigenvalue weighted by Gasteiger charge is -2.11. The Balaban J connectivity index is 2.20. The molecule has 1 aromatic carbocycles. The first kappa shape index (κ1) is 12.8. The summed E-state index contributed by atoms with van der Waals surface area (Å²) >= 11 is 0. The molecule has 0 spiro atoms. The average Bonchev–Trinajstić information content (AvgIpc) is 3.09. The molecule has 5 heteroatoms. The van der Waals surface area contributed by atoms with Crippen molar-refractivity contribution in [3.8, 4) is 6.07 Å². The van der Waals surface area contributed by atoms with Crippen molar-refractivity contribution in [1.29, 1.82) is 5.26 Å². The number of carboxylic acid groups (broad SMARTS) is 1. The van der Waals surface area contributed by atoms with Gasteiger partial charge in [-0.1, -0.05) is 12.1 Å². The zero-order valence-electron chi connectivity index (χ0n) is 9.76. The molecule has 0 heterocycles. The van der Waals surface area contributed by atoms with Gasteiger partial charge in [0.2, 0.25) is 0 Å². The van der Waals surface area contributed by atoms with Crippen molar-refractivity contribution in [3.05, 3.63) is 29.8 Å². The van der Waals surface area contributed by atoms with E-state index in [0.29, 0.717) is 17.1 Å². The minimum Gasteiger partial charge on any atom is -0.478 e. The monoisotopic (exact) mass is 263 g/mol. The summed E-state index contributed by atoms with van der Waals surface area (Å²) in [6, 6.07) is 8.46. The van der Waals surface area contributed by atoms with Gasteiger partial charge in [0.1, 0.15) is 0 Å². The van der Waals surface area contributed by atoms with Crippen molar-refractivity contribution in [1.82, 2.24) is 0 Å². The third-order valence-electron chi connectivity index (χ3n) is 3.21. The number of carboxylic acids is 1. The molecule has 0 saturated heterocycles. The van der Waals surface area contributed by atoms with E-state index in [-0.39, 0.29) is 11.0 Å². The maximum Gasteiger partial charge on any atom is 0.336 e. The van der Waals surface area contributed by atoms with Gasteiger partial charge in [-0.15, -0.1) is 0 Å². The molecule has 0 aromatic heterocycles. The molecule has 0 bridgehead atoms. The molecule has 1 aliphatic carbocycles. The highest BCUT2D eigenvalue weighted by atomic mass is 32.2. The minimum absolute atomic E-state index is 0.0867. The second-order valence-corrected chi connectivity index (χ2v) is 6.05. The predicted molar refractivity (Wildman–Crippen MR) is 66.6 cm³/mol. The molecule has 0 aliphatic heterocycles. The van der Waals surface area contributed by atoms with Gasteiger partial charge < -0.3 is 5.11 Å². The van der Waals surface area contributed by atoms with Crippen molar-refractivity contribution in [2.45, 2.75) is 24.2 Å². The lowest BCUT2D eigenvalue weighted by molar-refractivity contribution is 0.0693. The second-order valence-electron chi connectivity index (χ2n) is 4.63. The van der Waals surface area contributed by atoms with Crippen LogP contribution in [0.5, 0.6) is 0 Å². The van der Waals surface area contributed by atoms with E-state index in [1.807, 2.05) is 0 Å². The van der Waals surface area contributed by atoms with Crippen LogP contribution in [-0.4, -0.2) is 21.0 Å². The first-order valence-corrected chi connectivity index (χ1v) is 6.97. The Morgan fingerprint density at radius 3 is 2.67 bits per heavy atom. The van der Waals surface area contributed by atoms with Crippen molar-refractivity contribution in [2.75, 3.05) is 5.75 Å². The maximum absolute atomic E-state index is 12.2. The van der Waals surface area contributed by atoms with Crippen LogP contribution in [0.25, 0.3) is 0 Å². The Morgan fingerprint density at radius 1 is 1.44 bits per heavy atom. The standard InChI is InChI=1S/C13H13NO3S/c14-8-7-13(5-6-13)9-18(17)11-4-2-1-3-10(11)12(15)16/h1-4H,5-7,9H2,(H,15,16). The van der Waals surface area contributed by atoms with Gasteiger partial charge in [0.05, 0.1) is 27.3 Å². The molecule has 0 radical (unpaired) electrons. The number of aromatic carboxylic acids is 1. The Labute approximate surface area is 108 Å². The fourth-order valence-electron chi connectivity index (χ4n) is 1.91. The van der Waals surface area contributed by atoms with Crippen molar-refractivity contribution in [3.63, 3.8) is 0 Å². The molecule has 0 amide bonds. The number of hydrogen-bond acceptors (Lipinski definition) is 3. The average molecular weight is 263 g/mol. The third-order valence-corrected chi connectivity index (χ3v) is 4.93. The molecule has 18 heavy (non-hydrogen) atoms. The summed E-state index contributed by atoms with van der Waals surface area (Å²) in [6.45, 7) is 0. The minimum atomic E-state index is -1.36. The zero-order valence-corrected chi connectivity index (χ0v) is 10.6. The number of benzene rings is 1. The van der Waals surface area contributed by atoms with Crippen LogP contribution in [0.3, 0.4) is 0 Å².